The molecule has 0 saturated heterocycles. The van der Waals surface area contributed by atoms with Crippen LogP contribution >= 0.6 is 11.8 Å². The van der Waals surface area contributed by atoms with Gasteiger partial charge >= 0.3 is 0 Å². The lowest BCUT2D eigenvalue weighted by Gasteiger charge is -2.24. The van der Waals surface area contributed by atoms with E-state index in [4.69, 9.17) is 10.5 Å². The largest absolute Gasteiger partial charge is 0.480 e. The molecule has 4 heteroatoms. The second-order valence-electron chi connectivity index (χ2n) is 3.67. The Balaban J connectivity index is 2.08. The Morgan fingerprint density at radius 1 is 1.56 bits per heavy atom. The predicted octanol–water partition coefficient (Wildman–Crippen LogP) is 2.31. The number of nitrogens with zero attached hydrogens (tertiary/aromatic N) is 1. The third kappa shape index (κ3) is 2.50. The molecular formula is C12H16N2OS. The van der Waals surface area contributed by atoms with Gasteiger partial charge in [-0.25, -0.2) is 0 Å². The first-order valence-electron chi connectivity index (χ1n) is 5.49. The van der Waals surface area contributed by atoms with Crippen molar-refractivity contribution in [3.05, 3.63) is 24.3 Å². The molecule has 0 radical (unpaired) electrons. The summed E-state index contributed by atoms with van der Waals surface area (Å²) in [6, 6.07) is 8.03. The molecule has 2 rings (SSSR count). The van der Waals surface area contributed by atoms with Crippen molar-refractivity contribution < 1.29 is 4.74 Å². The van der Waals surface area contributed by atoms with Gasteiger partial charge in [0.1, 0.15) is 11.6 Å². The summed E-state index contributed by atoms with van der Waals surface area (Å²) in [4.78, 5) is 5.48. The Bertz CT molecular complexity index is 392. The molecule has 1 aliphatic rings. The van der Waals surface area contributed by atoms with E-state index in [9.17, 15) is 0 Å². The van der Waals surface area contributed by atoms with Gasteiger partial charge < -0.3 is 10.5 Å². The zero-order chi connectivity index (χ0) is 11.4. The topological polar surface area (TPSA) is 47.6 Å². The molecule has 0 fully saturated rings. The Labute approximate surface area is 100 Å². The molecule has 0 aliphatic carbocycles. The molecule has 2 N–H and O–H groups in total. The maximum atomic E-state index is 5.90. The Morgan fingerprint density at radius 3 is 3.19 bits per heavy atom. The number of ether oxygens (including phenoxy) is 1. The molecule has 0 aromatic heterocycles. The predicted molar refractivity (Wildman–Crippen MR) is 68.4 cm³/mol. The van der Waals surface area contributed by atoms with Crippen molar-refractivity contribution >= 4 is 17.6 Å². The highest BCUT2D eigenvalue weighted by atomic mass is 32.2. The lowest BCUT2D eigenvalue weighted by atomic mass is 10.3. The van der Waals surface area contributed by atoms with Crippen LogP contribution in [0.2, 0.25) is 0 Å². The molecule has 1 aliphatic heterocycles. The van der Waals surface area contributed by atoms with Gasteiger partial charge in [-0.2, -0.15) is 0 Å². The molecule has 3 nitrogen and oxygen atoms in total. The Hall–Kier alpha value is -1.16. The summed E-state index contributed by atoms with van der Waals surface area (Å²) in [6.45, 7) is 2.86. The number of aliphatic imine (C=N–C) groups is 1. The zero-order valence-corrected chi connectivity index (χ0v) is 10.2. The van der Waals surface area contributed by atoms with Crippen LogP contribution in [0.3, 0.4) is 0 Å². The standard InChI is InChI=1S/C12H16N2OS/c1-2-7-14-12(13)10-8-16-11-6-4-3-5-9(11)15-10/h3-6,10H,2,7-8H2,1H3,(H2,13,14). The second kappa shape index (κ2) is 5.25. The van der Waals surface area contributed by atoms with Crippen LogP contribution in [0.5, 0.6) is 5.75 Å². The van der Waals surface area contributed by atoms with E-state index in [0.29, 0.717) is 5.84 Å². The quantitative estimate of drug-likeness (QED) is 0.647. The van der Waals surface area contributed by atoms with Crippen LogP contribution in [0, 0.1) is 0 Å². The molecule has 1 aromatic carbocycles. The van der Waals surface area contributed by atoms with E-state index in [1.54, 1.807) is 11.8 Å². The summed E-state index contributed by atoms with van der Waals surface area (Å²) < 4.78 is 5.81. The van der Waals surface area contributed by atoms with Gasteiger partial charge in [0.2, 0.25) is 0 Å². The monoisotopic (exact) mass is 236 g/mol. The van der Waals surface area contributed by atoms with E-state index in [0.717, 1.165) is 24.5 Å². The molecule has 16 heavy (non-hydrogen) atoms. The summed E-state index contributed by atoms with van der Waals surface area (Å²) in [7, 11) is 0. The first-order valence-corrected chi connectivity index (χ1v) is 6.48. The minimum Gasteiger partial charge on any atom is -0.480 e. The normalized spacial score (nSPS) is 20.1. The highest BCUT2D eigenvalue weighted by Crippen LogP contribution is 2.34. The van der Waals surface area contributed by atoms with E-state index in [1.165, 1.54) is 4.90 Å². The fraction of sp³-hybridized carbons (Fsp3) is 0.417. The van der Waals surface area contributed by atoms with Crippen LogP contribution in [0.25, 0.3) is 0 Å². The number of para-hydroxylation sites is 1. The molecule has 0 amide bonds. The number of amidine groups is 1. The summed E-state index contributed by atoms with van der Waals surface area (Å²) in [5.41, 5.74) is 5.90. The van der Waals surface area contributed by atoms with E-state index >= 15 is 0 Å². The van der Waals surface area contributed by atoms with Gasteiger partial charge in [0.25, 0.3) is 0 Å². The summed E-state index contributed by atoms with van der Waals surface area (Å²) in [5, 5.41) is 0. The molecule has 0 spiro atoms. The molecule has 1 heterocycles. The highest BCUT2D eigenvalue weighted by molar-refractivity contribution is 7.99. The highest BCUT2D eigenvalue weighted by Gasteiger charge is 2.22. The van der Waals surface area contributed by atoms with Crippen molar-refractivity contribution in [3.63, 3.8) is 0 Å². The summed E-state index contributed by atoms with van der Waals surface area (Å²) >= 11 is 1.77. The van der Waals surface area contributed by atoms with E-state index in [-0.39, 0.29) is 6.10 Å². The first-order chi connectivity index (χ1) is 7.81. The number of benzene rings is 1. The SMILES string of the molecule is CCCN=C(N)C1CSc2ccccc2O1. The number of hydrogen-bond acceptors (Lipinski definition) is 3. The minimum absolute atomic E-state index is 0.0774. The fourth-order valence-electron chi connectivity index (χ4n) is 1.51. The van der Waals surface area contributed by atoms with E-state index < -0.39 is 0 Å². The number of hydrogen-bond donors (Lipinski definition) is 1. The maximum Gasteiger partial charge on any atom is 0.164 e. The van der Waals surface area contributed by atoms with Gasteiger partial charge in [0, 0.05) is 17.2 Å². The van der Waals surface area contributed by atoms with Crippen molar-refractivity contribution in [1.82, 2.24) is 0 Å². The zero-order valence-electron chi connectivity index (χ0n) is 9.35. The van der Waals surface area contributed by atoms with Gasteiger partial charge in [-0.15, -0.1) is 11.8 Å². The second-order valence-corrected chi connectivity index (χ2v) is 4.73. The minimum atomic E-state index is -0.0774. The lowest BCUT2D eigenvalue weighted by molar-refractivity contribution is 0.277. The number of thioether (sulfide) groups is 1. The fourth-order valence-corrected chi connectivity index (χ4v) is 2.51. The van der Waals surface area contributed by atoms with Gasteiger partial charge in [0.05, 0.1) is 0 Å². The number of nitrogens with two attached hydrogens (primary N) is 1. The van der Waals surface area contributed by atoms with Crippen LogP contribution in [0.1, 0.15) is 13.3 Å². The maximum absolute atomic E-state index is 5.90. The van der Waals surface area contributed by atoms with Gasteiger partial charge in [-0.1, -0.05) is 19.1 Å². The van der Waals surface area contributed by atoms with Crippen LogP contribution in [0.15, 0.2) is 34.2 Å². The summed E-state index contributed by atoms with van der Waals surface area (Å²) in [5.74, 6) is 2.37. The lowest BCUT2D eigenvalue weighted by Crippen LogP contribution is -2.38. The number of rotatable bonds is 3. The van der Waals surface area contributed by atoms with Crippen LogP contribution in [-0.4, -0.2) is 24.2 Å². The molecule has 0 saturated carbocycles. The van der Waals surface area contributed by atoms with Crippen molar-refractivity contribution in [2.75, 3.05) is 12.3 Å². The third-order valence-corrected chi connectivity index (χ3v) is 3.47. The average Bonchev–Trinajstić information content (AvgIpc) is 2.35. The van der Waals surface area contributed by atoms with Gasteiger partial charge in [0.15, 0.2) is 6.10 Å². The van der Waals surface area contributed by atoms with E-state index in [1.807, 2.05) is 18.2 Å². The molecule has 86 valence electrons. The van der Waals surface area contributed by atoms with Crippen LogP contribution in [-0.2, 0) is 0 Å². The van der Waals surface area contributed by atoms with Crippen LogP contribution < -0.4 is 10.5 Å². The average molecular weight is 236 g/mol. The number of fused-ring (bicyclic) bond motifs is 1. The van der Waals surface area contributed by atoms with Crippen molar-refractivity contribution in [3.8, 4) is 5.75 Å². The first kappa shape index (κ1) is 11.3. The summed E-state index contributed by atoms with van der Waals surface area (Å²) in [6.07, 6.45) is 0.934. The molecular weight excluding hydrogens is 220 g/mol. The van der Waals surface area contributed by atoms with Crippen molar-refractivity contribution in [1.29, 1.82) is 0 Å². The third-order valence-electron chi connectivity index (χ3n) is 2.36. The molecule has 1 unspecified atom stereocenters. The Kier molecular flexibility index (Phi) is 3.72. The van der Waals surface area contributed by atoms with Crippen LogP contribution in [0.4, 0.5) is 0 Å². The molecule has 1 aromatic rings. The Morgan fingerprint density at radius 2 is 2.38 bits per heavy atom. The van der Waals surface area contributed by atoms with E-state index in [2.05, 4.69) is 18.0 Å². The molecule has 1 atom stereocenters. The smallest absolute Gasteiger partial charge is 0.164 e. The van der Waals surface area contributed by atoms with Crippen molar-refractivity contribution in [2.45, 2.75) is 24.3 Å². The molecule has 0 bridgehead atoms. The van der Waals surface area contributed by atoms with Gasteiger partial charge in [-0.3, -0.25) is 4.99 Å². The van der Waals surface area contributed by atoms with Crippen molar-refractivity contribution in [2.24, 2.45) is 10.7 Å². The van der Waals surface area contributed by atoms with Gasteiger partial charge in [-0.05, 0) is 18.6 Å².